The second kappa shape index (κ2) is 4.88. The van der Waals surface area contributed by atoms with Gasteiger partial charge in [0.2, 0.25) is 0 Å². The minimum Gasteiger partial charge on any atom is -0.344 e. The molecule has 19 heavy (non-hydrogen) atoms. The first-order valence-electron chi connectivity index (χ1n) is 7.45. The average Bonchev–Trinajstić information content (AvgIpc) is 2.69. The monoisotopic (exact) mass is 253 g/mol. The Balaban J connectivity index is 2.13. The zero-order valence-electron chi connectivity index (χ0n) is 12.2. The lowest BCUT2D eigenvalue weighted by Crippen LogP contribution is -2.11. The molecule has 1 aromatic carbocycles. The van der Waals surface area contributed by atoms with E-state index in [1.165, 1.54) is 35.0 Å². The lowest BCUT2D eigenvalue weighted by Gasteiger charge is -2.17. The summed E-state index contributed by atoms with van der Waals surface area (Å²) in [7, 11) is 0. The summed E-state index contributed by atoms with van der Waals surface area (Å²) in [5.74, 6) is 1.42. The van der Waals surface area contributed by atoms with Crippen molar-refractivity contribution in [1.29, 1.82) is 0 Å². The molecule has 0 saturated carbocycles. The Morgan fingerprint density at radius 3 is 2.84 bits per heavy atom. The van der Waals surface area contributed by atoms with Crippen LogP contribution in [0.25, 0.3) is 17.0 Å². The van der Waals surface area contributed by atoms with E-state index in [2.05, 4.69) is 61.8 Å². The van der Waals surface area contributed by atoms with Gasteiger partial charge in [-0.15, -0.1) is 0 Å². The van der Waals surface area contributed by atoms with Crippen molar-refractivity contribution in [3.8, 4) is 0 Å². The molecule has 1 unspecified atom stereocenters. The number of aryl methyl sites for hydroxylation is 1. The van der Waals surface area contributed by atoms with Crippen LogP contribution in [0.15, 0.2) is 30.3 Å². The van der Waals surface area contributed by atoms with Gasteiger partial charge >= 0.3 is 0 Å². The SMILES string of the molecule is CC(C)CCn1c2c(c3ccccc31)C=CC(C)C2. The van der Waals surface area contributed by atoms with Gasteiger partial charge in [-0.2, -0.15) is 0 Å². The zero-order chi connectivity index (χ0) is 13.4. The van der Waals surface area contributed by atoms with Gasteiger partial charge in [-0.3, -0.25) is 0 Å². The highest BCUT2D eigenvalue weighted by molar-refractivity contribution is 5.91. The number of fused-ring (bicyclic) bond motifs is 3. The molecule has 1 aliphatic rings. The van der Waals surface area contributed by atoms with Crippen molar-refractivity contribution in [2.75, 3.05) is 0 Å². The molecule has 0 spiro atoms. The third-order valence-corrected chi connectivity index (χ3v) is 4.16. The average molecular weight is 253 g/mol. The molecule has 0 radical (unpaired) electrons. The fourth-order valence-corrected chi connectivity index (χ4v) is 3.07. The quantitative estimate of drug-likeness (QED) is 0.733. The largest absolute Gasteiger partial charge is 0.344 e. The smallest absolute Gasteiger partial charge is 0.0488 e. The van der Waals surface area contributed by atoms with Gasteiger partial charge in [0.15, 0.2) is 0 Å². The number of nitrogens with zero attached hydrogens (tertiary/aromatic N) is 1. The maximum Gasteiger partial charge on any atom is 0.0488 e. The maximum atomic E-state index is 2.56. The van der Waals surface area contributed by atoms with Gasteiger partial charge in [0.25, 0.3) is 0 Å². The number of hydrogen-bond acceptors (Lipinski definition) is 0. The van der Waals surface area contributed by atoms with Crippen molar-refractivity contribution >= 4 is 17.0 Å². The number of hydrogen-bond donors (Lipinski definition) is 0. The highest BCUT2D eigenvalue weighted by atomic mass is 15.0. The molecule has 0 amide bonds. The molecule has 1 heterocycles. The summed E-state index contributed by atoms with van der Waals surface area (Å²) in [6, 6.07) is 8.85. The predicted octanol–water partition coefficient (Wildman–Crippen LogP) is 4.89. The second-order valence-electron chi connectivity index (χ2n) is 6.25. The maximum absolute atomic E-state index is 2.56. The van der Waals surface area contributed by atoms with Crippen LogP contribution in [0.2, 0.25) is 0 Å². The van der Waals surface area contributed by atoms with E-state index in [0.29, 0.717) is 5.92 Å². The van der Waals surface area contributed by atoms with E-state index in [1.807, 2.05) is 0 Å². The van der Waals surface area contributed by atoms with E-state index in [0.717, 1.165) is 12.5 Å². The molecule has 1 aromatic heterocycles. The minimum atomic E-state index is 0.662. The van der Waals surface area contributed by atoms with E-state index in [4.69, 9.17) is 0 Å². The van der Waals surface area contributed by atoms with E-state index >= 15 is 0 Å². The van der Waals surface area contributed by atoms with Crippen molar-refractivity contribution < 1.29 is 0 Å². The molecule has 0 bridgehead atoms. The molecule has 100 valence electrons. The summed E-state index contributed by atoms with van der Waals surface area (Å²) < 4.78 is 2.56. The van der Waals surface area contributed by atoms with Crippen molar-refractivity contribution in [2.45, 2.75) is 40.2 Å². The van der Waals surface area contributed by atoms with E-state index in [1.54, 1.807) is 0 Å². The number of para-hydroxylation sites is 1. The van der Waals surface area contributed by atoms with Crippen LogP contribution in [-0.2, 0) is 13.0 Å². The molecule has 1 atom stereocenters. The highest BCUT2D eigenvalue weighted by Gasteiger charge is 2.19. The van der Waals surface area contributed by atoms with E-state index in [9.17, 15) is 0 Å². The van der Waals surface area contributed by atoms with Gasteiger partial charge < -0.3 is 4.57 Å². The van der Waals surface area contributed by atoms with Crippen molar-refractivity contribution in [1.82, 2.24) is 4.57 Å². The summed E-state index contributed by atoms with van der Waals surface area (Å²) in [5.41, 5.74) is 4.40. The first kappa shape index (κ1) is 12.5. The fraction of sp³-hybridized carbons (Fsp3) is 0.444. The Morgan fingerprint density at radius 1 is 1.26 bits per heavy atom. The molecule has 0 saturated heterocycles. The zero-order valence-corrected chi connectivity index (χ0v) is 12.2. The summed E-state index contributed by atoms with van der Waals surface area (Å²) in [4.78, 5) is 0. The van der Waals surface area contributed by atoms with Crippen LogP contribution in [0.1, 0.15) is 38.4 Å². The lowest BCUT2D eigenvalue weighted by molar-refractivity contribution is 0.509. The Morgan fingerprint density at radius 2 is 2.05 bits per heavy atom. The molecule has 2 aromatic rings. The number of allylic oxidation sites excluding steroid dienone is 1. The first-order chi connectivity index (χ1) is 9.16. The van der Waals surface area contributed by atoms with Crippen molar-refractivity contribution in [2.24, 2.45) is 11.8 Å². The number of aromatic nitrogens is 1. The molecule has 0 fully saturated rings. The van der Waals surface area contributed by atoms with Crippen LogP contribution < -0.4 is 0 Å². The van der Waals surface area contributed by atoms with Gasteiger partial charge in [0, 0.05) is 28.7 Å². The second-order valence-corrected chi connectivity index (χ2v) is 6.25. The fourth-order valence-electron chi connectivity index (χ4n) is 3.07. The molecule has 1 heteroatoms. The van der Waals surface area contributed by atoms with Crippen LogP contribution >= 0.6 is 0 Å². The molecule has 1 nitrogen and oxygen atoms in total. The molecule has 1 aliphatic carbocycles. The molecule has 3 rings (SSSR count). The normalized spacial score (nSPS) is 18.2. The van der Waals surface area contributed by atoms with Gasteiger partial charge in [0.05, 0.1) is 0 Å². The third-order valence-electron chi connectivity index (χ3n) is 4.16. The highest BCUT2D eigenvalue weighted by Crippen LogP contribution is 2.33. The van der Waals surface area contributed by atoms with Gasteiger partial charge in [-0.25, -0.2) is 0 Å². The van der Waals surface area contributed by atoms with Gasteiger partial charge in [0.1, 0.15) is 0 Å². The van der Waals surface area contributed by atoms with Gasteiger partial charge in [-0.05, 0) is 30.7 Å². The molecule has 0 aliphatic heterocycles. The van der Waals surface area contributed by atoms with Crippen LogP contribution in [-0.4, -0.2) is 4.57 Å². The summed E-state index contributed by atoms with van der Waals surface area (Å²) in [6.07, 6.45) is 7.11. The van der Waals surface area contributed by atoms with Crippen LogP contribution in [0.5, 0.6) is 0 Å². The number of rotatable bonds is 3. The molecular weight excluding hydrogens is 230 g/mol. The standard InChI is InChI=1S/C18H23N/c1-13(2)10-11-19-17-7-5-4-6-15(17)16-9-8-14(3)12-18(16)19/h4-9,13-14H,10-12H2,1-3H3. The van der Waals surface area contributed by atoms with Crippen LogP contribution in [0, 0.1) is 11.8 Å². The topological polar surface area (TPSA) is 4.93 Å². The summed E-state index contributed by atoms with van der Waals surface area (Å²) in [5, 5.41) is 1.42. The van der Waals surface area contributed by atoms with E-state index in [-0.39, 0.29) is 0 Å². The van der Waals surface area contributed by atoms with E-state index < -0.39 is 0 Å². The Labute approximate surface area is 115 Å². The minimum absolute atomic E-state index is 0.662. The van der Waals surface area contributed by atoms with Crippen molar-refractivity contribution in [3.05, 3.63) is 41.6 Å². The summed E-state index contributed by atoms with van der Waals surface area (Å²) >= 11 is 0. The van der Waals surface area contributed by atoms with Crippen LogP contribution in [0.4, 0.5) is 0 Å². The Hall–Kier alpha value is -1.50. The third kappa shape index (κ3) is 2.22. The molecule has 0 N–H and O–H groups in total. The lowest BCUT2D eigenvalue weighted by atomic mass is 9.95. The summed E-state index contributed by atoms with van der Waals surface area (Å²) in [6.45, 7) is 8.07. The first-order valence-corrected chi connectivity index (χ1v) is 7.45. The Bertz CT molecular complexity index is 616. The predicted molar refractivity (Wildman–Crippen MR) is 83.3 cm³/mol. The van der Waals surface area contributed by atoms with Crippen LogP contribution in [0.3, 0.4) is 0 Å². The van der Waals surface area contributed by atoms with Crippen molar-refractivity contribution in [3.63, 3.8) is 0 Å². The van der Waals surface area contributed by atoms with Gasteiger partial charge in [-0.1, -0.05) is 51.1 Å². The Kier molecular flexibility index (Phi) is 3.22. The number of benzene rings is 1. The molecular formula is C18H23N.